The molecule has 0 N–H and O–H groups in total. The molecule has 0 aliphatic heterocycles. The fourth-order valence-electron chi connectivity index (χ4n) is 3.70. The summed E-state index contributed by atoms with van der Waals surface area (Å²) >= 11 is 0. The van der Waals surface area contributed by atoms with Gasteiger partial charge < -0.3 is 0 Å². The molecule has 104 valence electrons. The molecular weight excluding hydrogens is 232 g/mol. The lowest BCUT2D eigenvalue weighted by molar-refractivity contribution is -0.125. The molecule has 0 spiro atoms. The molecule has 1 heteroatoms. The standard InChI is InChI=1S/C18H26O/c1-4-5-9-16-13-17(19)12-14(2)18(16,3)15-10-7-6-8-11-15/h6-8,10-11,14,16H,4-5,9,12-13H2,1-3H3/t14-,16-,18-/m1/s1. The van der Waals surface area contributed by atoms with Crippen LogP contribution in [0.1, 0.15) is 58.4 Å². The number of Topliss-reactive ketones (excluding diaryl/α,β-unsaturated/α-hetero) is 1. The van der Waals surface area contributed by atoms with Gasteiger partial charge in [-0.25, -0.2) is 0 Å². The number of unbranched alkanes of at least 4 members (excludes halogenated alkanes) is 1. The van der Waals surface area contributed by atoms with Crippen molar-refractivity contribution in [2.45, 2.75) is 58.3 Å². The third-order valence-corrected chi connectivity index (χ3v) is 5.18. The van der Waals surface area contributed by atoms with Crippen molar-refractivity contribution < 1.29 is 4.79 Å². The Morgan fingerprint density at radius 3 is 2.53 bits per heavy atom. The summed E-state index contributed by atoms with van der Waals surface area (Å²) in [5, 5.41) is 0. The van der Waals surface area contributed by atoms with E-state index in [2.05, 4.69) is 51.1 Å². The van der Waals surface area contributed by atoms with Crippen LogP contribution in [-0.2, 0) is 10.2 Å². The summed E-state index contributed by atoms with van der Waals surface area (Å²) in [6.45, 7) is 6.86. The van der Waals surface area contributed by atoms with E-state index >= 15 is 0 Å². The molecule has 19 heavy (non-hydrogen) atoms. The normalized spacial score (nSPS) is 31.4. The highest BCUT2D eigenvalue weighted by Crippen LogP contribution is 2.48. The number of hydrogen-bond acceptors (Lipinski definition) is 1. The molecule has 1 aliphatic carbocycles. The van der Waals surface area contributed by atoms with E-state index in [9.17, 15) is 4.79 Å². The topological polar surface area (TPSA) is 17.1 Å². The third-order valence-electron chi connectivity index (χ3n) is 5.18. The summed E-state index contributed by atoms with van der Waals surface area (Å²) in [6, 6.07) is 10.8. The SMILES string of the molecule is CCCC[C@@H]1CC(=O)C[C@@H](C)[C@]1(C)c1ccccc1. The second-order valence-electron chi connectivity index (χ2n) is 6.34. The number of ketones is 1. The molecule has 1 fully saturated rings. The van der Waals surface area contributed by atoms with Crippen LogP contribution >= 0.6 is 0 Å². The van der Waals surface area contributed by atoms with Gasteiger partial charge in [0.2, 0.25) is 0 Å². The molecular formula is C18H26O. The number of carbonyl (C=O) groups excluding carboxylic acids is 1. The molecule has 1 aromatic rings. The zero-order chi connectivity index (χ0) is 13.9. The molecule has 1 nitrogen and oxygen atoms in total. The molecule has 0 radical (unpaired) electrons. The molecule has 0 unspecified atom stereocenters. The maximum atomic E-state index is 12.0. The van der Waals surface area contributed by atoms with Gasteiger partial charge >= 0.3 is 0 Å². The van der Waals surface area contributed by atoms with Crippen LogP contribution in [0.3, 0.4) is 0 Å². The van der Waals surface area contributed by atoms with E-state index in [1.807, 2.05) is 0 Å². The van der Waals surface area contributed by atoms with Gasteiger partial charge in [-0.1, -0.05) is 63.9 Å². The van der Waals surface area contributed by atoms with E-state index in [1.165, 1.54) is 24.8 Å². The first-order valence-electron chi connectivity index (χ1n) is 7.66. The minimum absolute atomic E-state index is 0.157. The first-order valence-corrected chi connectivity index (χ1v) is 7.66. The third kappa shape index (κ3) is 2.75. The average Bonchev–Trinajstić information content (AvgIpc) is 2.42. The minimum Gasteiger partial charge on any atom is -0.300 e. The van der Waals surface area contributed by atoms with Crippen LogP contribution in [0.2, 0.25) is 0 Å². The van der Waals surface area contributed by atoms with E-state index in [-0.39, 0.29) is 5.41 Å². The van der Waals surface area contributed by atoms with Crippen molar-refractivity contribution in [3.05, 3.63) is 35.9 Å². The summed E-state index contributed by atoms with van der Waals surface area (Å²) in [6.07, 6.45) is 5.14. The molecule has 0 aromatic heterocycles. The second kappa shape index (κ2) is 5.90. The summed E-state index contributed by atoms with van der Waals surface area (Å²) in [4.78, 5) is 12.0. The Morgan fingerprint density at radius 1 is 1.21 bits per heavy atom. The fourth-order valence-corrected chi connectivity index (χ4v) is 3.70. The minimum atomic E-state index is 0.157. The summed E-state index contributed by atoms with van der Waals surface area (Å²) < 4.78 is 0. The lowest BCUT2D eigenvalue weighted by Gasteiger charge is -2.46. The van der Waals surface area contributed by atoms with Crippen molar-refractivity contribution in [1.82, 2.24) is 0 Å². The van der Waals surface area contributed by atoms with Crippen LogP contribution in [0.4, 0.5) is 0 Å². The second-order valence-corrected chi connectivity index (χ2v) is 6.34. The maximum Gasteiger partial charge on any atom is 0.133 e. The lowest BCUT2D eigenvalue weighted by atomic mass is 9.57. The summed E-state index contributed by atoms with van der Waals surface area (Å²) in [5.74, 6) is 1.41. The Bertz CT molecular complexity index is 423. The first-order chi connectivity index (χ1) is 9.09. The fraction of sp³-hybridized carbons (Fsp3) is 0.611. The Hall–Kier alpha value is -1.11. The average molecular weight is 258 g/mol. The lowest BCUT2D eigenvalue weighted by Crippen LogP contribution is -2.44. The molecule has 1 aromatic carbocycles. The van der Waals surface area contributed by atoms with Gasteiger partial charge in [0, 0.05) is 12.8 Å². The van der Waals surface area contributed by atoms with Crippen molar-refractivity contribution in [2.24, 2.45) is 11.8 Å². The first kappa shape index (κ1) is 14.3. The van der Waals surface area contributed by atoms with E-state index < -0.39 is 0 Å². The Kier molecular flexibility index (Phi) is 4.44. The highest BCUT2D eigenvalue weighted by atomic mass is 16.1. The zero-order valence-electron chi connectivity index (χ0n) is 12.5. The Morgan fingerprint density at radius 2 is 1.89 bits per heavy atom. The number of benzene rings is 1. The van der Waals surface area contributed by atoms with Crippen molar-refractivity contribution in [1.29, 1.82) is 0 Å². The van der Waals surface area contributed by atoms with Crippen molar-refractivity contribution in [3.8, 4) is 0 Å². The van der Waals surface area contributed by atoms with Gasteiger partial charge in [0.05, 0.1) is 0 Å². The quantitative estimate of drug-likeness (QED) is 0.761. The van der Waals surface area contributed by atoms with Crippen molar-refractivity contribution in [3.63, 3.8) is 0 Å². The van der Waals surface area contributed by atoms with Gasteiger partial charge in [-0.05, 0) is 29.2 Å². The molecule has 0 bridgehead atoms. The van der Waals surface area contributed by atoms with Crippen LogP contribution in [0, 0.1) is 11.8 Å². The van der Waals surface area contributed by atoms with Crippen LogP contribution in [-0.4, -0.2) is 5.78 Å². The predicted molar refractivity (Wildman–Crippen MR) is 80.2 cm³/mol. The zero-order valence-corrected chi connectivity index (χ0v) is 12.5. The highest BCUT2D eigenvalue weighted by Gasteiger charge is 2.44. The van der Waals surface area contributed by atoms with Crippen LogP contribution in [0.25, 0.3) is 0 Å². The van der Waals surface area contributed by atoms with Gasteiger partial charge in [0.25, 0.3) is 0 Å². The Labute approximate surface area is 117 Å². The smallest absolute Gasteiger partial charge is 0.133 e. The molecule has 2 rings (SSSR count). The van der Waals surface area contributed by atoms with Gasteiger partial charge in [-0.15, -0.1) is 0 Å². The predicted octanol–water partition coefficient (Wildman–Crippen LogP) is 4.75. The van der Waals surface area contributed by atoms with E-state index in [1.54, 1.807) is 0 Å². The van der Waals surface area contributed by atoms with Crippen molar-refractivity contribution >= 4 is 5.78 Å². The van der Waals surface area contributed by atoms with E-state index in [0.717, 1.165) is 12.8 Å². The van der Waals surface area contributed by atoms with E-state index in [4.69, 9.17) is 0 Å². The van der Waals surface area contributed by atoms with Crippen LogP contribution < -0.4 is 0 Å². The molecule has 3 atom stereocenters. The van der Waals surface area contributed by atoms with E-state index in [0.29, 0.717) is 17.6 Å². The largest absolute Gasteiger partial charge is 0.300 e. The number of rotatable bonds is 4. The summed E-state index contributed by atoms with van der Waals surface area (Å²) in [7, 11) is 0. The van der Waals surface area contributed by atoms with Gasteiger partial charge in [-0.3, -0.25) is 4.79 Å². The van der Waals surface area contributed by atoms with Gasteiger partial charge in [0.1, 0.15) is 5.78 Å². The van der Waals surface area contributed by atoms with Crippen LogP contribution in [0.5, 0.6) is 0 Å². The molecule has 0 saturated heterocycles. The monoisotopic (exact) mass is 258 g/mol. The molecule has 0 amide bonds. The number of hydrogen-bond donors (Lipinski definition) is 0. The van der Waals surface area contributed by atoms with Crippen molar-refractivity contribution in [2.75, 3.05) is 0 Å². The molecule has 1 saturated carbocycles. The highest BCUT2D eigenvalue weighted by molar-refractivity contribution is 5.80. The summed E-state index contributed by atoms with van der Waals surface area (Å²) in [5.41, 5.74) is 1.57. The maximum absolute atomic E-state index is 12.0. The van der Waals surface area contributed by atoms with Gasteiger partial charge in [-0.2, -0.15) is 0 Å². The molecule has 0 heterocycles. The van der Waals surface area contributed by atoms with Crippen LogP contribution in [0.15, 0.2) is 30.3 Å². The van der Waals surface area contributed by atoms with Gasteiger partial charge in [0.15, 0.2) is 0 Å². The molecule has 1 aliphatic rings. The Balaban J connectivity index is 2.33. The number of carbonyl (C=O) groups is 1.